The molecular formula is C25H24ClN3O. The summed E-state index contributed by atoms with van der Waals surface area (Å²) in [5, 5.41) is 5.25. The summed E-state index contributed by atoms with van der Waals surface area (Å²) in [4.78, 5) is 4.25. The van der Waals surface area contributed by atoms with E-state index in [-0.39, 0.29) is 5.41 Å². The molecule has 0 spiro atoms. The number of benzene rings is 3. The van der Waals surface area contributed by atoms with E-state index in [1.54, 1.807) is 12.7 Å². The highest BCUT2D eigenvalue weighted by molar-refractivity contribution is 6.30. The third-order valence-electron chi connectivity index (χ3n) is 5.36. The van der Waals surface area contributed by atoms with Crippen LogP contribution in [0.5, 0.6) is 11.5 Å². The average molecular weight is 418 g/mol. The molecule has 0 saturated heterocycles. The Morgan fingerprint density at radius 1 is 0.767 bits per heavy atom. The second kappa shape index (κ2) is 7.96. The molecule has 3 aromatic carbocycles. The van der Waals surface area contributed by atoms with E-state index in [1.807, 2.05) is 47.1 Å². The minimum absolute atomic E-state index is 0.194. The molecule has 0 aliphatic heterocycles. The maximum atomic E-state index is 5.99. The van der Waals surface area contributed by atoms with Gasteiger partial charge in [-0.15, -0.1) is 0 Å². The predicted molar refractivity (Wildman–Crippen MR) is 120 cm³/mol. The van der Waals surface area contributed by atoms with Gasteiger partial charge in [0.25, 0.3) is 0 Å². The average Bonchev–Trinajstić information content (AvgIpc) is 3.26. The standard InChI is InChI=1S/C25H24ClN3O/c1-24(2,3)25(29-18-27-17-28-29,19-7-5-4-6-8-19)20-9-13-22(14-10-20)30-23-15-11-21(26)12-16-23/h4-18H,1-3H3. The first-order valence-electron chi connectivity index (χ1n) is 9.86. The van der Waals surface area contributed by atoms with Gasteiger partial charge in [-0.25, -0.2) is 9.67 Å². The molecule has 1 heterocycles. The van der Waals surface area contributed by atoms with Gasteiger partial charge < -0.3 is 4.74 Å². The fourth-order valence-electron chi connectivity index (χ4n) is 4.10. The fraction of sp³-hybridized carbons (Fsp3) is 0.200. The lowest BCUT2D eigenvalue weighted by atomic mass is 9.65. The van der Waals surface area contributed by atoms with Crippen LogP contribution in [0.15, 0.2) is 91.5 Å². The summed E-state index contributed by atoms with van der Waals surface area (Å²) in [6.45, 7) is 6.67. The maximum Gasteiger partial charge on any atom is 0.137 e. The van der Waals surface area contributed by atoms with Crippen LogP contribution < -0.4 is 4.74 Å². The lowest BCUT2D eigenvalue weighted by Crippen LogP contribution is -2.48. The van der Waals surface area contributed by atoms with Gasteiger partial charge in [0.05, 0.1) is 0 Å². The SMILES string of the molecule is CC(C)(C)C(c1ccccc1)(c1ccc(Oc2ccc(Cl)cc2)cc1)n1cncn1. The van der Waals surface area contributed by atoms with E-state index < -0.39 is 5.54 Å². The smallest absolute Gasteiger partial charge is 0.137 e. The molecule has 4 rings (SSSR count). The summed E-state index contributed by atoms with van der Waals surface area (Å²) in [7, 11) is 0. The molecular weight excluding hydrogens is 394 g/mol. The van der Waals surface area contributed by atoms with Crippen molar-refractivity contribution in [3.8, 4) is 11.5 Å². The molecule has 0 radical (unpaired) electrons. The minimum Gasteiger partial charge on any atom is -0.457 e. The normalized spacial score (nSPS) is 13.6. The summed E-state index contributed by atoms with van der Waals surface area (Å²) in [5.41, 5.74) is 1.52. The van der Waals surface area contributed by atoms with E-state index in [2.05, 4.69) is 67.3 Å². The molecule has 152 valence electrons. The van der Waals surface area contributed by atoms with Crippen molar-refractivity contribution in [1.29, 1.82) is 0 Å². The van der Waals surface area contributed by atoms with Crippen molar-refractivity contribution >= 4 is 11.6 Å². The molecule has 5 heteroatoms. The quantitative estimate of drug-likeness (QED) is 0.369. The van der Waals surface area contributed by atoms with Gasteiger partial charge in [0.1, 0.15) is 29.7 Å². The second-order valence-electron chi connectivity index (χ2n) is 8.25. The maximum absolute atomic E-state index is 5.99. The predicted octanol–water partition coefficient (Wildman–Crippen LogP) is 6.56. The Hall–Kier alpha value is -3.11. The number of halogens is 1. The van der Waals surface area contributed by atoms with E-state index in [4.69, 9.17) is 16.3 Å². The first kappa shape index (κ1) is 20.2. The molecule has 1 aromatic heterocycles. The van der Waals surface area contributed by atoms with Gasteiger partial charge >= 0.3 is 0 Å². The Bertz CT molecular complexity index is 1090. The molecule has 1 unspecified atom stereocenters. The molecule has 30 heavy (non-hydrogen) atoms. The van der Waals surface area contributed by atoms with E-state index >= 15 is 0 Å². The van der Waals surface area contributed by atoms with Crippen molar-refractivity contribution in [1.82, 2.24) is 14.8 Å². The third-order valence-corrected chi connectivity index (χ3v) is 5.61. The van der Waals surface area contributed by atoms with Crippen molar-refractivity contribution < 1.29 is 4.74 Å². The van der Waals surface area contributed by atoms with Gasteiger partial charge in [-0.3, -0.25) is 0 Å². The van der Waals surface area contributed by atoms with Crippen molar-refractivity contribution in [2.24, 2.45) is 5.41 Å². The third kappa shape index (κ3) is 3.59. The topological polar surface area (TPSA) is 39.9 Å². The molecule has 4 nitrogen and oxygen atoms in total. The first-order chi connectivity index (χ1) is 14.4. The van der Waals surface area contributed by atoms with Gasteiger partial charge in [0, 0.05) is 5.02 Å². The van der Waals surface area contributed by atoms with Crippen LogP contribution in [0.3, 0.4) is 0 Å². The lowest BCUT2D eigenvalue weighted by molar-refractivity contribution is 0.171. The molecule has 0 aliphatic rings. The number of rotatable bonds is 5. The minimum atomic E-state index is -0.538. The summed E-state index contributed by atoms with van der Waals surface area (Å²) < 4.78 is 7.95. The number of aromatic nitrogens is 3. The molecule has 0 aliphatic carbocycles. The number of hydrogen-bond donors (Lipinski definition) is 0. The highest BCUT2D eigenvalue weighted by atomic mass is 35.5. The number of ether oxygens (including phenoxy) is 1. The van der Waals surface area contributed by atoms with Crippen molar-refractivity contribution in [3.63, 3.8) is 0 Å². The zero-order valence-electron chi connectivity index (χ0n) is 17.3. The Labute approximate surface area is 182 Å². The van der Waals surface area contributed by atoms with Crippen LogP contribution in [-0.2, 0) is 5.54 Å². The Balaban J connectivity index is 1.81. The van der Waals surface area contributed by atoms with Gasteiger partial charge in [-0.05, 0) is 52.9 Å². The van der Waals surface area contributed by atoms with E-state index in [0.717, 1.165) is 22.6 Å². The van der Waals surface area contributed by atoms with Crippen LogP contribution in [0.4, 0.5) is 0 Å². The highest BCUT2D eigenvalue weighted by Gasteiger charge is 2.47. The number of nitrogens with zero attached hydrogens (tertiary/aromatic N) is 3. The zero-order valence-corrected chi connectivity index (χ0v) is 18.0. The van der Waals surface area contributed by atoms with Crippen LogP contribution in [0, 0.1) is 5.41 Å². The molecule has 0 N–H and O–H groups in total. The van der Waals surface area contributed by atoms with Crippen LogP contribution in [-0.4, -0.2) is 14.8 Å². The van der Waals surface area contributed by atoms with Crippen LogP contribution in [0.1, 0.15) is 31.9 Å². The first-order valence-corrected chi connectivity index (χ1v) is 10.2. The van der Waals surface area contributed by atoms with Gasteiger partial charge in [-0.2, -0.15) is 5.10 Å². The Morgan fingerprint density at radius 2 is 1.33 bits per heavy atom. The summed E-state index contributed by atoms with van der Waals surface area (Å²) >= 11 is 5.97. The van der Waals surface area contributed by atoms with Crippen LogP contribution in [0.2, 0.25) is 5.02 Å². The monoisotopic (exact) mass is 417 g/mol. The molecule has 0 saturated carbocycles. The van der Waals surface area contributed by atoms with Gasteiger partial charge in [-0.1, -0.05) is 74.8 Å². The van der Waals surface area contributed by atoms with Crippen LogP contribution >= 0.6 is 11.6 Å². The zero-order chi connectivity index (χ0) is 21.2. The Kier molecular flexibility index (Phi) is 5.35. The van der Waals surface area contributed by atoms with Gasteiger partial charge in [0.15, 0.2) is 0 Å². The summed E-state index contributed by atoms with van der Waals surface area (Å²) in [6, 6.07) is 26.0. The van der Waals surface area contributed by atoms with Gasteiger partial charge in [0.2, 0.25) is 0 Å². The van der Waals surface area contributed by atoms with E-state index in [1.165, 1.54) is 0 Å². The van der Waals surface area contributed by atoms with E-state index in [0.29, 0.717) is 5.02 Å². The van der Waals surface area contributed by atoms with Crippen molar-refractivity contribution in [3.05, 3.63) is 108 Å². The fourth-order valence-corrected chi connectivity index (χ4v) is 4.23. The molecule has 4 aromatic rings. The largest absolute Gasteiger partial charge is 0.457 e. The van der Waals surface area contributed by atoms with E-state index in [9.17, 15) is 0 Å². The molecule has 0 fully saturated rings. The summed E-state index contributed by atoms with van der Waals surface area (Å²) in [5.74, 6) is 1.50. The van der Waals surface area contributed by atoms with Crippen molar-refractivity contribution in [2.45, 2.75) is 26.3 Å². The molecule has 1 atom stereocenters. The number of hydrogen-bond acceptors (Lipinski definition) is 3. The molecule has 0 amide bonds. The summed E-state index contributed by atoms with van der Waals surface area (Å²) in [6.07, 6.45) is 3.37. The van der Waals surface area contributed by atoms with Crippen LogP contribution in [0.25, 0.3) is 0 Å². The van der Waals surface area contributed by atoms with Crippen molar-refractivity contribution in [2.75, 3.05) is 0 Å². The second-order valence-corrected chi connectivity index (χ2v) is 8.68. The molecule has 0 bridgehead atoms. The Morgan fingerprint density at radius 3 is 1.87 bits per heavy atom. The highest BCUT2D eigenvalue weighted by Crippen LogP contribution is 2.47. The lowest BCUT2D eigenvalue weighted by Gasteiger charge is -2.45.